The van der Waals surface area contributed by atoms with E-state index in [4.69, 9.17) is 0 Å². The van der Waals surface area contributed by atoms with Crippen LogP contribution in [-0.4, -0.2) is 15.9 Å². The van der Waals surface area contributed by atoms with E-state index >= 15 is 0 Å². The summed E-state index contributed by atoms with van der Waals surface area (Å²) in [5, 5.41) is 3.53. The van der Waals surface area contributed by atoms with Crippen molar-refractivity contribution in [2.75, 3.05) is 5.32 Å². The molecule has 0 atom stereocenters. The Morgan fingerprint density at radius 2 is 2.00 bits per heavy atom. The fourth-order valence-corrected chi connectivity index (χ4v) is 3.27. The average Bonchev–Trinajstić information content (AvgIpc) is 2.95. The van der Waals surface area contributed by atoms with E-state index < -0.39 is 0 Å². The van der Waals surface area contributed by atoms with Gasteiger partial charge in [0.25, 0.3) is 0 Å². The zero-order valence-corrected chi connectivity index (χ0v) is 13.6. The number of hydrogen-bond donors (Lipinski definition) is 1. The Kier molecular flexibility index (Phi) is 4.78. The Hall–Kier alpha value is -2.53. The Balaban J connectivity index is 1.63. The molecule has 2 heterocycles. The number of nitrogens with one attached hydrogen (secondary N) is 1. The first kappa shape index (κ1) is 15.4. The molecular weight excluding hydrogens is 306 g/mol. The fraction of sp³-hybridized carbons (Fsp3) is 0.167. The minimum Gasteiger partial charge on any atom is -0.302 e. The van der Waals surface area contributed by atoms with Crippen LogP contribution in [0, 0.1) is 6.92 Å². The molecule has 5 heteroatoms. The van der Waals surface area contributed by atoms with Gasteiger partial charge < -0.3 is 5.32 Å². The van der Waals surface area contributed by atoms with Crippen molar-refractivity contribution >= 4 is 22.4 Å². The van der Waals surface area contributed by atoms with Crippen LogP contribution in [0.15, 0.2) is 54.9 Å². The maximum absolute atomic E-state index is 12.1. The van der Waals surface area contributed by atoms with E-state index in [1.807, 2.05) is 55.6 Å². The van der Waals surface area contributed by atoms with Crippen molar-refractivity contribution in [1.29, 1.82) is 0 Å². The maximum atomic E-state index is 12.1. The highest BCUT2D eigenvalue weighted by Gasteiger charge is 2.12. The predicted molar refractivity (Wildman–Crippen MR) is 93.5 cm³/mol. The van der Waals surface area contributed by atoms with E-state index in [1.165, 1.54) is 11.3 Å². The van der Waals surface area contributed by atoms with Crippen LogP contribution < -0.4 is 5.32 Å². The Morgan fingerprint density at radius 1 is 1.17 bits per heavy atom. The number of aryl methyl sites for hydroxylation is 2. The molecule has 0 saturated carbocycles. The number of anilines is 1. The van der Waals surface area contributed by atoms with Crippen molar-refractivity contribution < 1.29 is 4.79 Å². The number of carbonyl (C=O) groups excluding carboxylic acids is 1. The van der Waals surface area contributed by atoms with E-state index in [-0.39, 0.29) is 5.91 Å². The number of rotatable bonds is 5. The van der Waals surface area contributed by atoms with Gasteiger partial charge >= 0.3 is 0 Å². The van der Waals surface area contributed by atoms with Gasteiger partial charge in [-0.2, -0.15) is 0 Å². The molecule has 0 fully saturated rings. The smallest absolute Gasteiger partial charge is 0.226 e. The van der Waals surface area contributed by atoms with E-state index in [0.717, 1.165) is 28.1 Å². The van der Waals surface area contributed by atoms with Crippen LogP contribution >= 0.6 is 11.3 Å². The first-order chi connectivity index (χ1) is 11.2. The molecule has 116 valence electrons. The molecule has 0 saturated heterocycles. The first-order valence-corrected chi connectivity index (χ1v) is 8.25. The van der Waals surface area contributed by atoms with Gasteiger partial charge in [0, 0.05) is 24.4 Å². The summed E-state index contributed by atoms with van der Waals surface area (Å²) >= 11 is 1.48. The summed E-state index contributed by atoms with van der Waals surface area (Å²) in [6.45, 7) is 1.94. The molecule has 0 aliphatic heterocycles. The van der Waals surface area contributed by atoms with Crippen molar-refractivity contribution in [2.24, 2.45) is 0 Å². The third-order valence-electron chi connectivity index (χ3n) is 3.45. The number of amides is 1. The Labute approximate surface area is 139 Å². The summed E-state index contributed by atoms with van der Waals surface area (Å²) in [5.41, 5.74) is 3.09. The van der Waals surface area contributed by atoms with E-state index in [0.29, 0.717) is 11.6 Å². The molecular formula is C18H17N3OS. The van der Waals surface area contributed by atoms with Crippen LogP contribution in [0.3, 0.4) is 0 Å². The normalized spacial score (nSPS) is 10.5. The highest BCUT2D eigenvalue weighted by atomic mass is 32.1. The van der Waals surface area contributed by atoms with Crippen LogP contribution in [0.5, 0.6) is 0 Å². The lowest BCUT2D eigenvalue weighted by molar-refractivity contribution is -0.116. The molecule has 0 bridgehead atoms. The van der Waals surface area contributed by atoms with Gasteiger partial charge in [-0.3, -0.25) is 9.78 Å². The van der Waals surface area contributed by atoms with Gasteiger partial charge in [0.15, 0.2) is 5.13 Å². The minimum absolute atomic E-state index is 0.0136. The van der Waals surface area contributed by atoms with Gasteiger partial charge in [-0.25, -0.2) is 4.98 Å². The number of hydrogen-bond acceptors (Lipinski definition) is 4. The van der Waals surface area contributed by atoms with Crippen molar-refractivity contribution in [1.82, 2.24) is 9.97 Å². The van der Waals surface area contributed by atoms with Gasteiger partial charge in [0.05, 0.1) is 10.6 Å². The highest BCUT2D eigenvalue weighted by Crippen LogP contribution is 2.32. The number of aromatic nitrogens is 2. The predicted octanol–water partition coefficient (Wildman–Crippen LogP) is 4.08. The summed E-state index contributed by atoms with van der Waals surface area (Å²) in [5.74, 6) is -0.0136. The largest absolute Gasteiger partial charge is 0.302 e. The molecule has 1 amide bonds. The molecule has 1 N–H and O–H groups in total. The second-order valence-electron chi connectivity index (χ2n) is 5.21. The van der Waals surface area contributed by atoms with Crippen LogP contribution in [0.25, 0.3) is 10.4 Å². The number of carbonyl (C=O) groups is 1. The number of nitrogens with zero attached hydrogens (tertiary/aromatic N) is 2. The lowest BCUT2D eigenvalue weighted by Gasteiger charge is -2.02. The molecule has 2 aromatic heterocycles. The molecule has 0 aliphatic carbocycles. The molecule has 0 radical (unpaired) electrons. The van der Waals surface area contributed by atoms with E-state index in [2.05, 4.69) is 15.3 Å². The molecule has 3 aromatic rings. The molecule has 23 heavy (non-hydrogen) atoms. The second-order valence-corrected chi connectivity index (χ2v) is 6.21. The van der Waals surface area contributed by atoms with Crippen LogP contribution in [0.4, 0.5) is 5.13 Å². The summed E-state index contributed by atoms with van der Waals surface area (Å²) in [6, 6.07) is 13.9. The van der Waals surface area contributed by atoms with Gasteiger partial charge in [0.2, 0.25) is 5.91 Å². The van der Waals surface area contributed by atoms with Crippen molar-refractivity contribution in [2.45, 2.75) is 19.8 Å². The molecule has 0 aliphatic rings. The zero-order valence-electron chi connectivity index (χ0n) is 12.8. The van der Waals surface area contributed by atoms with Crippen molar-refractivity contribution in [3.8, 4) is 10.4 Å². The van der Waals surface area contributed by atoms with Gasteiger partial charge in [-0.15, -0.1) is 0 Å². The van der Waals surface area contributed by atoms with Crippen LogP contribution in [0.2, 0.25) is 0 Å². The maximum Gasteiger partial charge on any atom is 0.226 e. The SMILES string of the molecule is Cc1nc(NC(=O)CCc2ccccc2)sc1-c1cccnc1. The Morgan fingerprint density at radius 3 is 2.74 bits per heavy atom. The standard InChI is InChI=1S/C18H17N3OS/c1-13-17(15-8-5-11-19-12-15)23-18(20-13)21-16(22)10-9-14-6-3-2-4-7-14/h2-8,11-12H,9-10H2,1H3,(H,20,21,22). The Bertz CT molecular complexity index is 785. The highest BCUT2D eigenvalue weighted by molar-refractivity contribution is 7.19. The lowest BCUT2D eigenvalue weighted by Crippen LogP contribution is -2.12. The molecule has 3 rings (SSSR count). The van der Waals surface area contributed by atoms with E-state index in [9.17, 15) is 4.79 Å². The van der Waals surface area contributed by atoms with Gasteiger partial charge in [-0.1, -0.05) is 47.7 Å². The third-order valence-corrected chi connectivity index (χ3v) is 4.57. The van der Waals surface area contributed by atoms with E-state index in [1.54, 1.807) is 6.20 Å². The van der Waals surface area contributed by atoms with Crippen molar-refractivity contribution in [3.05, 3.63) is 66.1 Å². The monoisotopic (exact) mass is 323 g/mol. The number of thiazole rings is 1. The molecule has 0 spiro atoms. The molecule has 4 nitrogen and oxygen atoms in total. The number of pyridine rings is 1. The first-order valence-electron chi connectivity index (χ1n) is 7.44. The van der Waals surface area contributed by atoms with Crippen molar-refractivity contribution in [3.63, 3.8) is 0 Å². The summed E-state index contributed by atoms with van der Waals surface area (Å²) in [7, 11) is 0. The quantitative estimate of drug-likeness (QED) is 0.769. The van der Waals surface area contributed by atoms with Crippen LogP contribution in [0.1, 0.15) is 17.7 Å². The minimum atomic E-state index is -0.0136. The summed E-state index contributed by atoms with van der Waals surface area (Å²) < 4.78 is 0. The average molecular weight is 323 g/mol. The molecule has 1 aromatic carbocycles. The third kappa shape index (κ3) is 4.02. The summed E-state index contributed by atoms with van der Waals surface area (Å²) in [4.78, 5) is 21.7. The topological polar surface area (TPSA) is 54.9 Å². The number of benzene rings is 1. The van der Waals surface area contributed by atoms with Gasteiger partial charge in [0.1, 0.15) is 0 Å². The van der Waals surface area contributed by atoms with Gasteiger partial charge in [-0.05, 0) is 25.0 Å². The second kappa shape index (κ2) is 7.15. The van der Waals surface area contributed by atoms with Crippen LogP contribution in [-0.2, 0) is 11.2 Å². The summed E-state index contributed by atoms with van der Waals surface area (Å²) in [6.07, 6.45) is 4.73. The molecule has 0 unspecified atom stereocenters. The fourth-order valence-electron chi connectivity index (χ4n) is 2.30. The lowest BCUT2D eigenvalue weighted by atomic mass is 10.1. The zero-order chi connectivity index (χ0) is 16.1.